The van der Waals surface area contributed by atoms with E-state index in [0.717, 1.165) is 16.9 Å². The van der Waals surface area contributed by atoms with Crippen LogP contribution in [0.1, 0.15) is 36.9 Å². The molecule has 25 heavy (non-hydrogen) atoms. The van der Waals surface area contributed by atoms with Gasteiger partial charge in [0.05, 0.1) is 13.2 Å². The van der Waals surface area contributed by atoms with Crippen LogP contribution in [0, 0.1) is 5.82 Å². The number of amides is 1. The van der Waals surface area contributed by atoms with Gasteiger partial charge in [0.2, 0.25) is 5.91 Å². The molecule has 0 aliphatic rings. The number of ether oxygens (including phenoxy) is 1. The van der Waals surface area contributed by atoms with Gasteiger partial charge in [-0.25, -0.2) is 4.39 Å². The molecule has 0 fully saturated rings. The summed E-state index contributed by atoms with van der Waals surface area (Å²) in [6.07, 6.45) is 1.60. The van der Waals surface area contributed by atoms with E-state index in [-0.39, 0.29) is 23.8 Å². The van der Waals surface area contributed by atoms with Crippen LogP contribution in [0.5, 0.6) is 5.75 Å². The summed E-state index contributed by atoms with van der Waals surface area (Å²) in [6, 6.07) is 13.7. The minimum atomic E-state index is -0.272. The van der Waals surface area contributed by atoms with Crippen molar-refractivity contribution >= 4 is 5.91 Å². The number of nitrogens with one attached hydrogen (secondary N) is 1. The molecule has 1 amide bonds. The Labute approximate surface area is 148 Å². The molecule has 134 valence electrons. The molecule has 4 nitrogen and oxygen atoms in total. The quantitative estimate of drug-likeness (QED) is 0.772. The molecule has 0 spiro atoms. The van der Waals surface area contributed by atoms with Gasteiger partial charge in [-0.1, -0.05) is 24.3 Å². The average molecular weight is 344 g/mol. The lowest BCUT2D eigenvalue weighted by molar-refractivity contribution is -0.122. The number of methoxy groups -OCH3 is 1. The van der Waals surface area contributed by atoms with Gasteiger partial charge in [-0.3, -0.25) is 4.79 Å². The van der Waals surface area contributed by atoms with Gasteiger partial charge in [0.1, 0.15) is 11.6 Å². The average Bonchev–Trinajstić information content (AvgIpc) is 2.61. The molecule has 2 aromatic carbocycles. The summed E-state index contributed by atoms with van der Waals surface area (Å²) in [7, 11) is 1.61. The molecule has 2 aromatic rings. The van der Waals surface area contributed by atoms with E-state index in [1.54, 1.807) is 19.2 Å². The minimum Gasteiger partial charge on any atom is -0.497 e. The van der Waals surface area contributed by atoms with Crippen LogP contribution in [-0.4, -0.2) is 19.1 Å². The predicted octanol–water partition coefficient (Wildman–Crippen LogP) is 3.36. The SMILES string of the molecule is COc1ccc(C(Cc2ccc(F)cc2)NC(=O)CCC(C)N)cc1. The Morgan fingerprint density at radius 3 is 2.36 bits per heavy atom. The Hall–Kier alpha value is -2.40. The normalized spacial score (nSPS) is 13.1. The van der Waals surface area contributed by atoms with Gasteiger partial charge >= 0.3 is 0 Å². The van der Waals surface area contributed by atoms with Gasteiger partial charge in [-0.05, 0) is 55.2 Å². The Kier molecular flexibility index (Phi) is 6.95. The number of nitrogens with two attached hydrogens (primary N) is 1. The molecular weight excluding hydrogens is 319 g/mol. The molecule has 0 heterocycles. The highest BCUT2D eigenvalue weighted by atomic mass is 19.1. The van der Waals surface area contributed by atoms with Crippen LogP contribution in [0.15, 0.2) is 48.5 Å². The zero-order valence-electron chi connectivity index (χ0n) is 14.7. The van der Waals surface area contributed by atoms with Gasteiger partial charge in [-0.2, -0.15) is 0 Å². The Morgan fingerprint density at radius 2 is 1.80 bits per heavy atom. The maximum Gasteiger partial charge on any atom is 0.220 e. The zero-order chi connectivity index (χ0) is 18.2. The first kappa shape index (κ1) is 18.9. The Balaban J connectivity index is 2.14. The maximum absolute atomic E-state index is 13.1. The molecule has 0 saturated carbocycles. The molecule has 0 aromatic heterocycles. The third-order valence-corrected chi connectivity index (χ3v) is 4.03. The van der Waals surface area contributed by atoms with E-state index in [1.807, 2.05) is 31.2 Å². The molecule has 0 radical (unpaired) electrons. The lowest BCUT2D eigenvalue weighted by atomic mass is 9.98. The molecule has 2 atom stereocenters. The molecular formula is C20H25FN2O2. The van der Waals surface area contributed by atoms with E-state index in [4.69, 9.17) is 10.5 Å². The number of carbonyl (C=O) groups excluding carboxylic acids is 1. The minimum absolute atomic E-state index is 0.0118. The molecule has 2 unspecified atom stereocenters. The van der Waals surface area contributed by atoms with Crippen LogP contribution in [0.2, 0.25) is 0 Å². The van der Waals surface area contributed by atoms with Crippen molar-refractivity contribution in [2.75, 3.05) is 7.11 Å². The third kappa shape index (κ3) is 6.19. The lowest BCUT2D eigenvalue weighted by Gasteiger charge is -2.20. The fraction of sp³-hybridized carbons (Fsp3) is 0.350. The largest absolute Gasteiger partial charge is 0.497 e. The maximum atomic E-state index is 13.1. The van der Waals surface area contributed by atoms with Crippen molar-refractivity contribution in [1.82, 2.24) is 5.32 Å². The molecule has 5 heteroatoms. The van der Waals surface area contributed by atoms with Crippen molar-refractivity contribution in [3.05, 3.63) is 65.5 Å². The summed E-state index contributed by atoms with van der Waals surface area (Å²) < 4.78 is 18.3. The number of halogens is 1. The first-order valence-corrected chi connectivity index (χ1v) is 8.41. The van der Waals surface area contributed by atoms with E-state index in [1.165, 1.54) is 12.1 Å². The summed E-state index contributed by atoms with van der Waals surface area (Å²) in [5.74, 6) is 0.443. The number of hydrogen-bond acceptors (Lipinski definition) is 3. The summed E-state index contributed by atoms with van der Waals surface area (Å²) in [6.45, 7) is 1.88. The third-order valence-electron chi connectivity index (χ3n) is 4.03. The van der Waals surface area contributed by atoms with Gasteiger partial charge in [0, 0.05) is 12.5 Å². The smallest absolute Gasteiger partial charge is 0.220 e. The number of hydrogen-bond donors (Lipinski definition) is 2. The Bertz CT molecular complexity index is 669. The van der Waals surface area contributed by atoms with Crippen molar-refractivity contribution in [2.24, 2.45) is 5.73 Å². The molecule has 0 bridgehead atoms. The van der Waals surface area contributed by atoms with Gasteiger partial charge < -0.3 is 15.8 Å². The predicted molar refractivity (Wildman–Crippen MR) is 96.9 cm³/mol. The monoisotopic (exact) mass is 344 g/mol. The van der Waals surface area contributed by atoms with Crippen molar-refractivity contribution in [1.29, 1.82) is 0 Å². The highest BCUT2D eigenvalue weighted by Gasteiger charge is 2.16. The van der Waals surface area contributed by atoms with E-state index in [0.29, 0.717) is 19.3 Å². The summed E-state index contributed by atoms with van der Waals surface area (Å²) in [5, 5.41) is 3.06. The van der Waals surface area contributed by atoms with Gasteiger partial charge in [0.25, 0.3) is 0 Å². The lowest BCUT2D eigenvalue weighted by Crippen LogP contribution is -2.31. The highest BCUT2D eigenvalue weighted by molar-refractivity contribution is 5.76. The van der Waals surface area contributed by atoms with Gasteiger partial charge in [0.15, 0.2) is 0 Å². The highest BCUT2D eigenvalue weighted by Crippen LogP contribution is 2.22. The van der Waals surface area contributed by atoms with Crippen LogP contribution < -0.4 is 15.8 Å². The van der Waals surface area contributed by atoms with Crippen molar-refractivity contribution in [3.63, 3.8) is 0 Å². The van der Waals surface area contributed by atoms with E-state index < -0.39 is 0 Å². The van der Waals surface area contributed by atoms with Crippen LogP contribution in [0.4, 0.5) is 4.39 Å². The van der Waals surface area contributed by atoms with Crippen LogP contribution in [0.25, 0.3) is 0 Å². The van der Waals surface area contributed by atoms with Gasteiger partial charge in [-0.15, -0.1) is 0 Å². The van der Waals surface area contributed by atoms with Crippen LogP contribution >= 0.6 is 0 Å². The first-order valence-electron chi connectivity index (χ1n) is 8.41. The second kappa shape index (κ2) is 9.18. The summed E-state index contributed by atoms with van der Waals surface area (Å²) in [4.78, 5) is 12.2. The molecule has 2 rings (SSSR count). The second-order valence-corrected chi connectivity index (χ2v) is 6.24. The fourth-order valence-electron chi connectivity index (χ4n) is 2.57. The Morgan fingerprint density at radius 1 is 1.16 bits per heavy atom. The number of carbonyl (C=O) groups is 1. The molecule has 0 saturated heterocycles. The number of benzene rings is 2. The van der Waals surface area contributed by atoms with Crippen molar-refractivity contribution < 1.29 is 13.9 Å². The van der Waals surface area contributed by atoms with Crippen molar-refractivity contribution in [3.8, 4) is 5.75 Å². The van der Waals surface area contributed by atoms with Crippen LogP contribution in [-0.2, 0) is 11.2 Å². The topological polar surface area (TPSA) is 64.3 Å². The summed E-state index contributed by atoms with van der Waals surface area (Å²) >= 11 is 0. The van der Waals surface area contributed by atoms with E-state index in [2.05, 4.69) is 5.32 Å². The molecule has 3 N–H and O–H groups in total. The standard InChI is InChI=1S/C20H25FN2O2/c1-14(22)3-12-20(24)23-19(13-15-4-8-17(21)9-5-15)16-6-10-18(25-2)11-7-16/h4-11,14,19H,3,12-13,22H2,1-2H3,(H,23,24). The second-order valence-electron chi connectivity index (χ2n) is 6.24. The summed E-state index contributed by atoms with van der Waals surface area (Å²) in [5.41, 5.74) is 7.65. The van der Waals surface area contributed by atoms with Crippen LogP contribution in [0.3, 0.4) is 0 Å². The zero-order valence-corrected chi connectivity index (χ0v) is 14.7. The fourth-order valence-corrected chi connectivity index (χ4v) is 2.57. The van der Waals surface area contributed by atoms with E-state index in [9.17, 15) is 9.18 Å². The van der Waals surface area contributed by atoms with E-state index >= 15 is 0 Å². The first-order chi connectivity index (χ1) is 12.0. The van der Waals surface area contributed by atoms with Crippen molar-refractivity contribution in [2.45, 2.75) is 38.3 Å². The number of rotatable bonds is 8. The molecule has 0 aliphatic carbocycles. The molecule has 0 aliphatic heterocycles.